The molecule has 0 aromatic heterocycles. The van der Waals surface area contributed by atoms with Crippen molar-refractivity contribution < 1.29 is 63.0 Å². The highest BCUT2D eigenvalue weighted by Crippen LogP contribution is 2.73. The SMILES string of the molecule is CC(=O)O[C@]1(C(=O)CO)[C@H](C)CC2C3CCC4=CC(=O)C=C[C@]4(C)[C@@]3(F)[C@@H](O)C[C@@]21C.C[C@@H]1C[C@H]2[C@@H]3CCC4=CC(=O)C=C[C@]4(C)[C@@]3(F)[C@@H](O)C[C@]2(C)[C@@]1(O)C(=O)CO. The Morgan fingerprint density at radius 3 is 1.58 bits per heavy atom. The number of ketones is 4. The van der Waals surface area contributed by atoms with E-state index in [-0.39, 0.29) is 36.2 Å². The van der Waals surface area contributed by atoms with Crippen molar-refractivity contribution in [2.24, 2.45) is 57.2 Å². The summed E-state index contributed by atoms with van der Waals surface area (Å²) in [6, 6.07) is 0. The summed E-state index contributed by atoms with van der Waals surface area (Å²) in [5.74, 6) is -4.91. The third-order valence-electron chi connectivity index (χ3n) is 17.8. The third-order valence-corrected chi connectivity index (χ3v) is 17.8. The number of ether oxygens (including phenoxy) is 1. The van der Waals surface area contributed by atoms with Crippen molar-refractivity contribution in [1.29, 1.82) is 0 Å². The minimum absolute atomic E-state index is 0.0676. The van der Waals surface area contributed by atoms with Gasteiger partial charge in [-0.15, -0.1) is 0 Å². The lowest BCUT2D eigenvalue weighted by Crippen LogP contribution is -2.70. The first-order chi connectivity index (χ1) is 27.3. The molecule has 0 aromatic rings. The molecule has 0 aliphatic heterocycles. The molecule has 8 aliphatic rings. The highest BCUT2D eigenvalue weighted by atomic mass is 19.1. The van der Waals surface area contributed by atoms with Gasteiger partial charge in [0, 0.05) is 46.3 Å². The van der Waals surface area contributed by atoms with Gasteiger partial charge in [0.1, 0.15) is 18.8 Å². The van der Waals surface area contributed by atoms with Crippen LogP contribution in [-0.2, 0) is 28.7 Å². The Hall–Kier alpha value is -3.23. The highest BCUT2D eigenvalue weighted by molar-refractivity contribution is 6.02. The molecular formula is C46H60F2O11. The van der Waals surface area contributed by atoms with Crippen LogP contribution in [0.25, 0.3) is 0 Å². The molecule has 0 heterocycles. The number of allylic oxidation sites excluding steroid dienone is 8. The van der Waals surface area contributed by atoms with E-state index >= 15 is 8.78 Å². The molecule has 5 N–H and O–H groups in total. The number of aliphatic hydroxyl groups excluding tert-OH is 4. The van der Waals surface area contributed by atoms with Crippen LogP contribution in [0.15, 0.2) is 47.6 Å². The van der Waals surface area contributed by atoms with Crippen LogP contribution in [0.5, 0.6) is 0 Å². The largest absolute Gasteiger partial charge is 0.450 e. The van der Waals surface area contributed by atoms with Gasteiger partial charge in [0.2, 0.25) is 5.78 Å². The first-order valence-electron chi connectivity index (χ1n) is 21.2. The van der Waals surface area contributed by atoms with E-state index in [0.717, 1.165) is 0 Å². The molecule has 324 valence electrons. The molecule has 59 heavy (non-hydrogen) atoms. The van der Waals surface area contributed by atoms with Crippen LogP contribution in [0.3, 0.4) is 0 Å². The standard InChI is InChI=1S/C24H31FO6.C22H29FO5/c1-13-9-18-17-6-5-15-10-16(28)7-8-21(15,3)23(17,25)19(29)11-22(18,4)24(13,20(30)12-26)31-14(2)27;1-12-8-16-15-5-4-13-9-14(25)6-7-19(13,2)21(15,23)17(26)10-20(16,3)22(12,28)18(27)11-24/h7-8,10,13,17-19,26,29H,5-6,9,11-12H2,1-4H3;6-7,9,12,15-17,24,26,28H,4-5,8,10-11H2,1-3H3/t13-,17?,18?,19+,21+,22+,23+,24+;12-,15+,16+,17+,19+,20+,21+,22+/m11/s1. The van der Waals surface area contributed by atoms with E-state index in [4.69, 9.17) is 4.74 Å². The monoisotopic (exact) mass is 826 g/mol. The maximum atomic E-state index is 17.1. The van der Waals surface area contributed by atoms with Gasteiger partial charge in [-0.3, -0.25) is 24.0 Å². The van der Waals surface area contributed by atoms with E-state index in [9.17, 15) is 49.5 Å². The molecule has 0 spiro atoms. The van der Waals surface area contributed by atoms with Gasteiger partial charge in [-0.1, -0.05) is 51.0 Å². The van der Waals surface area contributed by atoms with Gasteiger partial charge in [0.05, 0.1) is 12.2 Å². The van der Waals surface area contributed by atoms with Crippen molar-refractivity contribution in [3.63, 3.8) is 0 Å². The van der Waals surface area contributed by atoms with Crippen molar-refractivity contribution in [2.45, 2.75) is 135 Å². The topological polar surface area (TPSA) is 196 Å². The minimum atomic E-state index is -2.02. The second kappa shape index (κ2) is 13.9. The zero-order valence-corrected chi connectivity index (χ0v) is 35.1. The summed E-state index contributed by atoms with van der Waals surface area (Å²) in [6.07, 6.45) is 8.73. The van der Waals surface area contributed by atoms with Gasteiger partial charge >= 0.3 is 5.97 Å². The molecule has 16 atom stereocenters. The maximum Gasteiger partial charge on any atom is 0.303 e. The predicted molar refractivity (Wildman–Crippen MR) is 209 cm³/mol. The number of Topliss-reactive ketones (excluding diaryl/α,β-unsaturated/α-hetero) is 2. The van der Waals surface area contributed by atoms with Crippen molar-refractivity contribution in [3.05, 3.63) is 47.6 Å². The summed E-state index contributed by atoms with van der Waals surface area (Å²) >= 11 is 0. The van der Waals surface area contributed by atoms with E-state index in [1.165, 1.54) is 31.2 Å². The second-order valence-corrected chi connectivity index (χ2v) is 20.1. The molecule has 0 amide bonds. The van der Waals surface area contributed by atoms with Crippen LogP contribution in [0.4, 0.5) is 8.78 Å². The summed E-state index contributed by atoms with van der Waals surface area (Å²) in [7, 11) is 0. The maximum absolute atomic E-state index is 17.1. The Balaban J connectivity index is 0.000000180. The third kappa shape index (κ3) is 5.29. The zero-order chi connectivity index (χ0) is 43.7. The van der Waals surface area contributed by atoms with E-state index in [1.807, 2.05) is 0 Å². The highest BCUT2D eigenvalue weighted by Gasteiger charge is 2.78. The number of hydrogen-bond donors (Lipinski definition) is 5. The Kier molecular flexibility index (Phi) is 10.3. The smallest absolute Gasteiger partial charge is 0.303 e. The fourth-order valence-corrected chi connectivity index (χ4v) is 15.0. The summed E-state index contributed by atoms with van der Waals surface area (Å²) in [5.41, 5.74) is -10.3. The quantitative estimate of drug-likeness (QED) is 0.247. The molecule has 0 aromatic carbocycles. The van der Waals surface area contributed by atoms with Crippen molar-refractivity contribution in [1.82, 2.24) is 0 Å². The van der Waals surface area contributed by atoms with Crippen molar-refractivity contribution in [2.75, 3.05) is 13.2 Å². The number of esters is 1. The van der Waals surface area contributed by atoms with Gasteiger partial charge < -0.3 is 30.3 Å². The van der Waals surface area contributed by atoms with Gasteiger partial charge in [0.15, 0.2) is 34.3 Å². The summed E-state index contributed by atoms with van der Waals surface area (Å²) in [4.78, 5) is 61.4. The first kappa shape index (κ1) is 43.8. The van der Waals surface area contributed by atoms with Gasteiger partial charge in [-0.05, 0) is 107 Å². The normalized spacial score (nSPS) is 50.3. The first-order valence-corrected chi connectivity index (χ1v) is 21.2. The van der Waals surface area contributed by atoms with E-state index in [0.29, 0.717) is 49.7 Å². The molecule has 13 heteroatoms. The molecule has 11 nitrogen and oxygen atoms in total. The lowest BCUT2D eigenvalue weighted by atomic mass is 9.44. The van der Waals surface area contributed by atoms with Crippen LogP contribution in [-0.4, -0.2) is 103 Å². The van der Waals surface area contributed by atoms with Gasteiger partial charge in [-0.25, -0.2) is 8.78 Å². The number of aliphatic hydroxyl groups is 5. The van der Waals surface area contributed by atoms with Crippen LogP contribution in [0.1, 0.15) is 99.8 Å². The van der Waals surface area contributed by atoms with Gasteiger partial charge in [-0.2, -0.15) is 0 Å². The lowest BCUT2D eigenvalue weighted by molar-refractivity contribution is -0.227. The average Bonchev–Trinajstić information content (AvgIpc) is 3.51. The number of halogens is 2. The Morgan fingerprint density at radius 1 is 0.712 bits per heavy atom. The summed E-state index contributed by atoms with van der Waals surface area (Å²) in [6.45, 7) is 10.2. The van der Waals surface area contributed by atoms with Crippen LogP contribution >= 0.6 is 0 Å². The van der Waals surface area contributed by atoms with Crippen LogP contribution < -0.4 is 0 Å². The van der Waals surface area contributed by atoms with E-state index in [2.05, 4.69) is 0 Å². The number of carbonyl (C=O) groups excluding carboxylic acids is 5. The zero-order valence-electron chi connectivity index (χ0n) is 35.1. The number of rotatable bonds is 5. The lowest BCUT2D eigenvalue weighted by Gasteiger charge is -2.62. The molecule has 8 rings (SSSR count). The number of carbonyl (C=O) groups is 5. The van der Waals surface area contributed by atoms with Crippen LogP contribution in [0.2, 0.25) is 0 Å². The van der Waals surface area contributed by atoms with E-state index < -0.39 is 111 Å². The Morgan fingerprint density at radius 2 is 1.14 bits per heavy atom. The number of fused-ring (bicyclic) bond motifs is 10. The van der Waals surface area contributed by atoms with Crippen LogP contribution in [0, 0.1) is 57.2 Å². The number of alkyl halides is 2. The number of hydrogen-bond acceptors (Lipinski definition) is 11. The van der Waals surface area contributed by atoms with Gasteiger partial charge in [0.25, 0.3) is 0 Å². The fourth-order valence-electron chi connectivity index (χ4n) is 15.0. The molecule has 6 saturated carbocycles. The fraction of sp³-hybridized carbons (Fsp3) is 0.717. The van der Waals surface area contributed by atoms with E-state index in [1.54, 1.807) is 53.7 Å². The Bertz CT molecular complexity index is 1990. The summed E-state index contributed by atoms with van der Waals surface area (Å²) in [5, 5.41) is 53.0. The molecule has 0 saturated heterocycles. The molecule has 0 radical (unpaired) electrons. The van der Waals surface area contributed by atoms with Crippen molar-refractivity contribution in [3.8, 4) is 0 Å². The Labute approximate surface area is 344 Å². The minimum Gasteiger partial charge on any atom is -0.450 e. The average molecular weight is 827 g/mol. The molecule has 8 aliphatic carbocycles. The summed E-state index contributed by atoms with van der Waals surface area (Å²) < 4.78 is 39.6. The molecule has 2 unspecified atom stereocenters. The molecule has 0 bridgehead atoms. The molecular weight excluding hydrogens is 766 g/mol. The molecule has 6 fully saturated rings. The van der Waals surface area contributed by atoms with Crippen molar-refractivity contribution >= 4 is 29.1 Å². The second-order valence-electron chi connectivity index (χ2n) is 20.1. The predicted octanol–water partition coefficient (Wildman–Crippen LogP) is 4.36.